The molecule has 0 aromatic heterocycles. The Labute approximate surface area is 118 Å². The van der Waals surface area contributed by atoms with Crippen LogP contribution in [0.3, 0.4) is 0 Å². The molecule has 1 aromatic carbocycles. The van der Waals surface area contributed by atoms with E-state index in [-0.39, 0.29) is 5.57 Å². The minimum atomic E-state index is -0.417. The molecular weight excluding hydrogens is 262 g/mol. The molecule has 4 nitrogen and oxygen atoms in total. The maximum absolute atomic E-state index is 11.5. The molecule has 0 heterocycles. The van der Waals surface area contributed by atoms with Crippen LogP contribution in [0, 0.1) is 18.3 Å². The molecule has 2 N–H and O–H groups in total. The zero-order valence-corrected chi connectivity index (χ0v) is 11.5. The topological polar surface area (TPSA) is 64.9 Å². The number of alkyl halides is 1. The number of benzene rings is 1. The number of hydrogen-bond acceptors (Lipinski definition) is 3. The van der Waals surface area contributed by atoms with Crippen LogP contribution in [0.25, 0.3) is 0 Å². The molecule has 1 aromatic rings. The third kappa shape index (κ3) is 5.45. The third-order valence-electron chi connectivity index (χ3n) is 2.42. The molecule has 0 spiro atoms. The highest BCUT2D eigenvalue weighted by Crippen LogP contribution is 2.02. The van der Waals surface area contributed by atoms with E-state index >= 15 is 0 Å². The lowest BCUT2D eigenvalue weighted by Crippen LogP contribution is -2.27. The first-order chi connectivity index (χ1) is 9.17. The fourth-order valence-corrected chi connectivity index (χ4v) is 1.48. The fraction of sp³-hybridized carbons (Fsp3) is 0.286. The summed E-state index contributed by atoms with van der Waals surface area (Å²) in [5, 5.41) is 14.4. The molecule has 0 saturated carbocycles. The molecule has 0 bridgehead atoms. The zero-order chi connectivity index (χ0) is 14.1. The van der Waals surface area contributed by atoms with Gasteiger partial charge in [-0.1, -0.05) is 29.8 Å². The number of nitrogens with one attached hydrogen (secondary N) is 2. The molecule has 1 rings (SSSR count). The van der Waals surface area contributed by atoms with Gasteiger partial charge in [0, 0.05) is 25.2 Å². The smallest absolute Gasteiger partial charge is 0.263 e. The maximum Gasteiger partial charge on any atom is 0.263 e. The van der Waals surface area contributed by atoms with Crippen molar-refractivity contribution >= 4 is 17.5 Å². The summed E-state index contributed by atoms with van der Waals surface area (Å²) in [4.78, 5) is 11.5. The average molecular weight is 278 g/mol. The van der Waals surface area contributed by atoms with Crippen molar-refractivity contribution in [1.29, 1.82) is 5.26 Å². The molecule has 0 aliphatic heterocycles. The monoisotopic (exact) mass is 277 g/mol. The first-order valence-corrected chi connectivity index (χ1v) is 6.44. The number of halogens is 1. The Balaban J connectivity index is 2.51. The highest BCUT2D eigenvalue weighted by atomic mass is 35.5. The maximum atomic E-state index is 11.5. The second kappa shape index (κ2) is 8.17. The van der Waals surface area contributed by atoms with Gasteiger partial charge in [-0.3, -0.25) is 4.79 Å². The summed E-state index contributed by atoms with van der Waals surface area (Å²) in [5.74, 6) is -0.0964. The number of hydrogen-bond donors (Lipinski definition) is 2. The van der Waals surface area contributed by atoms with Crippen molar-refractivity contribution in [3.63, 3.8) is 0 Å². The first-order valence-electron chi connectivity index (χ1n) is 5.90. The highest BCUT2D eigenvalue weighted by molar-refractivity contribution is 6.18. The van der Waals surface area contributed by atoms with Crippen LogP contribution in [0.1, 0.15) is 11.1 Å². The Bertz CT molecular complexity index is 488. The van der Waals surface area contributed by atoms with E-state index in [2.05, 4.69) is 10.6 Å². The van der Waals surface area contributed by atoms with E-state index in [1.807, 2.05) is 37.3 Å². The van der Waals surface area contributed by atoms with Gasteiger partial charge in [-0.25, -0.2) is 0 Å². The van der Waals surface area contributed by atoms with Crippen LogP contribution < -0.4 is 10.6 Å². The van der Waals surface area contributed by atoms with E-state index in [9.17, 15) is 4.79 Å². The Morgan fingerprint density at radius 3 is 2.68 bits per heavy atom. The van der Waals surface area contributed by atoms with Crippen molar-refractivity contribution in [1.82, 2.24) is 10.6 Å². The predicted octanol–water partition coefficient (Wildman–Crippen LogP) is 1.85. The summed E-state index contributed by atoms with van der Waals surface area (Å²) in [5.41, 5.74) is 2.31. The molecule has 0 radical (unpaired) electrons. The van der Waals surface area contributed by atoms with E-state index in [0.717, 1.165) is 5.56 Å². The van der Waals surface area contributed by atoms with E-state index in [1.165, 1.54) is 11.8 Å². The van der Waals surface area contributed by atoms with Gasteiger partial charge < -0.3 is 10.6 Å². The van der Waals surface area contributed by atoms with Crippen molar-refractivity contribution in [2.24, 2.45) is 0 Å². The van der Waals surface area contributed by atoms with Gasteiger partial charge in [-0.05, 0) is 12.5 Å². The molecule has 100 valence electrons. The molecule has 0 fully saturated rings. The van der Waals surface area contributed by atoms with Gasteiger partial charge in [0.1, 0.15) is 11.6 Å². The molecule has 0 aliphatic carbocycles. The van der Waals surface area contributed by atoms with E-state index in [4.69, 9.17) is 16.9 Å². The summed E-state index contributed by atoms with van der Waals surface area (Å²) in [6.07, 6.45) is 1.42. The van der Waals surface area contributed by atoms with Crippen molar-refractivity contribution in [3.05, 3.63) is 47.2 Å². The van der Waals surface area contributed by atoms with Crippen LogP contribution in [0.4, 0.5) is 0 Å². The molecule has 0 aliphatic rings. The van der Waals surface area contributed by atoms with Gasteiger partial charge in [-0.2, -0.15) is 5.26 Å². The lowest BCUT2D eigenvalue weighted by Gasteiger charge is -2.04. The molecule has 0 atom stereocenters. The van der Waals surface area contributed by atoms with Gasteiger partial charge in [0.15, 0.2) is 0 Å². The van der Waals surface area contributed by atoms with Crippen LogP contribution in [0.2, 0.25) is 0 Å². The van der Waals surface area contributed by atoms with Gasteiger partial charge in [0.05, 0.1) is 0 Å². The summed E-state index contributed by atoms with van der Waals surface area (Å²) in [6.45, 7) is 2.93. The van der Waals surface area contributed by atoms with E-state index in [0.29, 0.717) is 19.0 Å². The van der Waals surface area contributed by atoms with Crippen LogP contribution >= 0.6 is 11.6 Å². The fourth-order valence-electron chi connectivity index (χ4n) is 1.38. The number of amides is 1. The quantitative estimate of drug-likeness (QED) is 0.474. The summed E-state index contributed by atoms with van der Waals surface area (Å²) < 4.78 is 0. The van der Waals surface area contributed by atoms with E-state index in [1.54, 1.807) is 0 Å². The van der Waals surface area contributed by atoms with Crippen LogP contribution in [0.15, 0.2) is 36.0 Å². The minimum absolute atomic E-state index is 0.0391. The highest BCUT2D eigenvalue weighted by Gasteiger charge is 2.06. The number of nitrogens with zero attached hydrogens (tertiary/aromatic N) is 1. The molecule has 5 heteroatoms. The molecule has 1 amide bonds. The molecule has 0 saturated heterocycles. The van der Waals surface area contributed by atoms with Gasteiger partial charge in [0.25, 0.3) is 5.91 Å². The number of carbonyl (C=O) groups is 1. The second-order valence-corrected chi connectivity index (χ2v) is 4.36. The zero-order valence-electron chi connectivity index (χ0n) is 10.7. The number of rotatable bonds is 6. The number of nitriles is 1. The molecule has 0 unspecified atom stereocenters. The van der Waals surface area contributed by atoms with Crippen molar-refractivity contribution in [2.45, 2.75) is 13.5 Å². The first kappa shape index (κ1) is 15.1. The Kier molecular flexibility index (Phi) is 6.48. The van der Waals surface area contributed by atoms with Crippen molar-refractivity contribution < 1.29 is 4.79 Å². The lowest BCUT2D eigenvalue weighted by atomic mass is 10.1. The van der Waals surface area contributed by atoms with Crippen molar-refractivity contribution in [2.75, 3.05) is 12.4 Å². The molecule has 19 heavy (non-hydrogen) atoms. The second-order valence-electron chi connectivity index (χ2n) is 3.98. The van der Waals surface area contributed by atoms with Gasteiger partial charge in [-0.15, -0.1) is 11.6 Å². The summed E-state index contributed by atoms with van der Waals surface area (Å²) in [7, 11) is 0. The SMILES string of the molecule is Cc1ccc(CN/C=C(/C#N)C(=O)NCCCl)cc1. The predicted molar refractivity (Wildman–Crippen MR) is 75.4 cm³/mol. The largest absolute Gasteiger partial charge is 0.386 e. The van der Waals surface area contributed by atoms with Crippen LogP contribution in [-0.2, 0) is 11.3 Å². The number of aryl methyl sites for hydroxylation is 1. The lowest BCUT2D eigenvalue weighted by molar-refractivity contribution is -0.117. The van der Waals surface area contributed by atoms with E-state index < -0.39 is 5.91 Å². The Morgan fingerprint density at radius 1 is 1.42 bits per heavy atom. The number of carbonyl (C=O) groups excluding carboxylic acids is 1. The normalized spacial score (nSPS) is 10.7. The van der Waals surface area contributed by atoms with Gasteiger partial charge in [0.2, 0.25) is 0 Å². The van der Waals surface area contributed by atoms with Gasteiger partial charge >= 0.3 is 0 Å². The summed E-state index contributed by atoms with van der Waals surface area (Å²) in [6, 6.07) is 9.87. The van der Waals surface area contributed by atoms with Crippen molar-refractivity contribution in [3.8, 4) is 6.07 Å². The third-order valence-corrected chi connectivity index (χ3v) is 2.61. The average Bonchev–Trinajstić information content (AvgIpc) is 2.43. The van der Waals surface area contributed by atoms with Crippen LogP contribution in [-0.4, -0.2) is 18.3 Å². The summed E-state index contributed by atoms with van der Waals surface area (Å²) >= 11 is 5.46. The minimum Gasteiger partial charge on any atom is -0.386 e. The standard InChI is InChI=1S/C14H16ClN3O/c1-11-2-4-12(5-3-11)9-17-10-13(8-16)14(19)18-7-6-15/h2-5,10,17H,6-7,9H2,1H3,(H,18,19)/b13-10-. The Morgan fingerprint density at radius 2 is 2.11 bits per heavy atom. The van der Waals surface area contributed by atoms with Crippen LogP contribution in [0.5, 0.6) is 0 Å². The molecular formula is C14H16ClN3O. The Hall–Kier alpha value is -1.99.